The zero-order valence-electron chi connectivity index (χ0n) is 9.53. The predicted octanol–water partition coefficient (Wildman–Crippen LogP) is 0.548. The van der Waals surface area contributed by atoms with E-state index in [4.69, 9.17) is 16.3 Å². The zero-order valence-corrected chi connectivity index (χ0v) is 10.3. The van der Waals surface area contributed by atoms with E-state index >= 15 is 0 Å². The Labute approximate surface area is 101 Å². The monoisotopic (exact) mass is 246 g/mol. The lowest BCUT2D eigenvalue weighted by atomic mass is 10.2. The van der Waals surface area contributed by atoms with Gasteiger partial charge in [-0.3, -0.25) is 9.69 Å². The van der Waals surface area contributed by atoms with Crippen molar-refractivity contribution < 1.29 is 9.53 Å². The van der Waals surface area contributed by atoms with Gasteiger partial charge in [0.15, 0.2) is 0 Å². The Bertz CT molecular complexity index is 236. The van der Waals surface area contributed by atoms with Crippen LogP contribution in [0, 0.1) is 0 Å². The van der Waals surface area contributed by atoms with Crippen LogP contribution in [0.2, 0.25) is 0 Å². The van der Waals surface area contributed by atoms with Crippen LogP contribution >= 0.6 is 11.6 Å². The van der Waals surface area contributed by atoms with Gasteiger partial charge in [-0.2, -0.15) is 0 Å². The largest absolute Gasteiger partial charge is 0.377 e. The first kappa shape index (κ1) is 12.1. The third kappa shape index (κ3) is 3.09. The maximum Gasteiger partial charge on any atom is 0.237 e. The standard InChI is InChI=1S/C11H19ClN2O2/c12-8-11(15)14-5-3-13(4-6-14)9-10-2-1-7-16-10/h10H,1-9H2. The van der Waals surface area contributed by atoms with Crippen molar-refractivity contribution in [3.8, 4) is 0 Å². The summed E-state index contributed by atoms with van der Waals surface area (Å²) in [4.78, 5) is 15.6. The smallest absolute Gasteiger partial charge is 0.237 e. The fourth-order valence-electron chi connectivity index (χ4n) is 2.34. The normalized spacial score (nSPS) is 27.3. The lowest BCUT2D eigenvalue weighted by molar-refractivity contribution is -0.130. The maximum absolute atomic E-state index is 11.4. The van der Waals surface area contributed by atoms with Crippen molar-refractivity contribution >= 4 is 17.5 Å². The highest BCUT2D eigenvalue weighted by atomic mass is 35.5. The molecule has 0 aromatic rings. The Kier molecular flexibility index (Phi) is 4.44. The molecule has 0 N–H and O–H groups in total. The fraction of sp³-hybridized carbons (Fsp3) is 0.909. The highest BCUT2D eigenvalue weighted by Gasteiger charge is 2.24. The molecule has 92 valence electrons. The quantitative estimate of drug-likeness (QED) is 0.682. The van der Waals surface area contributed by atoms with E-state index in [-0.39, 0.29) is 11.8 Å². The lowest BCUT2D eigenvalue weighted by Crippen LogP contribution is -2.50. The van der Waals surface area contributed by atoms with Gasteiger partial charge < -0.3 is 9.64 Å². The Morgan fingerprint density at radius 2 is 2.06 bits per heavy atom. The average molecular weight is 247 g/mol. The van der Waals surface area contributed by atoms with E-state index in [1.807, 2.05) is 4.90 Å². The summed E-state index contributed by atoms with van der Waals surface area (Å²) in [6.45, 7) is 5.43. The number of amides is 1. The second kappa shape index (κ2) is 5.84. The third-order valence-corrected chi connectivity index (χ3v) is 3.55. The minimum absolute atomic E-state index is 0.0541. The molecule has 0 aromatic heterocycles. The first-order valence-electron chi connectivity index (χ1n) is 5.97. The molecule has 1 atom stereocenters. The Balaban J connectivity index is 1.70. The number of hydrogen-bond acceptors (Lipinski definition) is 3. The van der Waals surface area contributed by atoms with Crippen LogP contribution in [0.15, 0.2) is 0 Å². The van der Waals surface area contributed by atoms with E-state index in [0.29, 0.717) is 6.10 Å². The Morgan fingerprint density at radius 1 is 1.31 bits per heavy atom. The second-order valence-corrected chi connectivity index (χ2v) is 4.72. The number of nitrogens with zero attached hydrogens (tertiary/aromatic N) is 2. The first-order valence-corrected chi connectivity index (χ1v) is 6.51. The summed E-state index contributed by atoms with van der Waals surface area (Å²) in [6.07, 6.45) is 2.78. The number of rotatable bonds is 3. The van der Waals surface area contributed by atoms with E-state index in [1.165, 1.54) is 12.8 Å². The van der Waals surface area contributed by atoms with Crippen molar-refractivity contribution in [2.75, 3.05) is 45.2 Å². The van der Waals surface area contributed by atoms with Crippen LogP contribution in [0.4, 0.5) is 0 Å². The molecule has 0 bridgehead atoms. The van der Waals surface area contributed by atoms with E-state index in [0.717, 1.165) is 39.3 Å². The first-order chi connectivity index (χ1) is 7.79. The van der Waals surface area contributed by atoms with Gasteiger partial charge in [-0.1, -0.05) is 0 Å². The molecule has 1 unspecified atom stereocenters. The van der Waals surface area contributed by atoms with Crippen molar-refractivity contribution in [3.05, 3.63) is 0 Å². The summed E-state index contributed by atoms with van der Waals surface area (Å²) in [7, 11) is 0. The van der Waals surface area contributed by atoms with Crippen LogP contribution in [-0.2, 0) is 9.53 Å². The fourth-order valence-corrected chi connectivity index (χ4v) is 2.51. The number of halogens is 1. The summed E-state index contributed by atoms with van der Waals surface area (Å²) in [5.74, 6) is 0.157. The average Bonchev–Trinajstić information content (AvgIpc) is 2.82. The number of piperazine rings is 1. The van der Waals surface area contributed by atoms with Crippen molar-refractivity contribution in [1.29, 1.82) is 0 Å². The lowest BCUT2D eigenvalue weighted by Gasteiger charge is -2.35. The number of alkyl halides is 1. The molecule has 0 aliphatic carbocycles. The van der Waals surface area contributed by atoms with Gasteiger partial charge in [0, 0.05) is 39.3 Å². The van der Waals surface area contributed by atoms with Crippen molar-refractivity contribution in [2.24, 2.45) is 0 Å². The van der Waals surface area contributed by atoms with Gasteiger partial charge in [0.2, 0.25) is 5.91 Å². The summed E-state index contributed by atoms with van der Waals surface area (Å²) in [6, 6.07) is 0. The van der Waals surface area contributed by atoms with Gasteiger partial charge in [0.25, 0.3) is 0 Å². The molecule has 2 saturated heterocycles. The molecule has 16 heavy (non-hydrogen) atoms. The highest BCUT2D eigenvalue weighted by molar-refractivity contribution is 6.27. The van der Waals surface area contributed by atoms with Gasteiger partial charge in [-0.25, -0.2) is 0 Å². The molecule has 0 radical (unpaired) electrons. The molecule has 4 nitrogen and oxygen atoms in total. The number of hydrogen-bond donors (Lipinski definition) is 0. The van der Waals surface area contributed by atoms with Crippen molar-refractivity contribution in [1.82, 2.24) is 9.80 Å². The van der Waals surface area contributed by atoms with Gasteiger partial charge in [-0.15, -0.1) is 11.6 Å². The van der Waals surface area contributed by atoms with Crippen LogP contribution < -0.4 is 0 Å². The van der Waals surface area contributed by atoms with Crippen LogP contribution in [-0.4, -0.2) is 67.0 Å². The molecular weight excluding hydrogens is 228 g/mol. The summed E-state index contributed by atoms with van der Waals surface area (Å²) in [5.41, 5.74) is 0. The van der Waals surface area contributed by atoms with Crippen molar-refractivity contribution in [2.45, 2.75) is 18.9 Å². The van der Waals surface area contributed by atoms with Crippen LogP contribution in [0.3, 0.4) is 0 Å². The molecule has 2 rings (SSSR count). The maximum atomic E-state index is 11.4. The minimum Gasteiger partial charge on any atom is -0.377 e. The minimum atomic E-state index is 0.0541. The molecule has 5 heteroatoms. The van der Waals surface area contributed by atoms with Gasteiger partial charge in [-0.05, 0) is 12.8 Å². The molecule has 2 aliphatic rings. The number of carbonyl (C=O) groups is 1. The highest BCUT2D eigenvalue weighted by Crippen LogP contribution is 2.14. The molecule has 2 fully saturated rings. The van der Waals surface area contributed by atoms with Crippen molar-refractivity contribution in [3.63, 3.8) is 0 Å². The van der Waals surface area contributed by atoms with E-state index < -0.39 is 0 Å². The molecule has 0 spiro atoms. The molecule has 0 aromatic carbocycles. The SMILES string of the molecule is O=C(CCl)N1CCN(CC2CCCO2)CC1. The zero-order chi connectivity index (χ0) is 11.4. The number of ether oxygens (including phenoxy) is 1. The summed E-state index contributed by atoms with van der Waals surface area (Å²) < 4.78 is 5.61. The van der Waals surface area contributed by atoms with E-state index in [2.05, 4.69) is 4.90 Å². The molecule has 2 heterocycles. The van der Waals surface area contributed by atoms with Crippen LogP contribution in [0.5, 0.6) is 0 Å². The van der Waals surface area contributed by atoms with Crippen LogP contribution in [0.25, 0.3) is 0 Å². The summed E-state index contributed by atoms with van der Waals surface area (Å²) >= 11 is 5.53. The predicted molar refractivity (Wildman–Crippen MR) is 62.7 cm³/mol. The number of carbonyl (C=O) groups excluding carboxylic acids is 1. The van der Waals surface area contributed by atoms with Gasteiger partial charge in [0.1, 0.15) is 5.88 Å². The molecule has 2 aliphatic heterocycles. The van der Waals surface area contributed by atoms with Gasteiger partial charge in [0.05, 0.1) is 6.10 Å². The van der Waals surface area contributed by atoms with Gasteiger partial charge >= 0.3 is 0 Å². The molecule has 0 saturated carbocycles. The third-order valence-electron chi connectivity index (χ3n) is 3.33. The Hall–Kier alpha value is -0.320. The Morgan fingerprint density at radius 3 is 2.62 bits per heavy atom. The van der Waals surface area contributed by atoms with E-state index in [9.17, 15) is 4.79 Å². The van der Waals surface area contributed by atoms with Crippen LogP contribution in [0.1, 0.15) is 12.8 Å². The second-order valence-electron chi connectivity index (χ2n) is 4.45. The van der Waals surface area contributed by atoms with E-state index in [1.54, 1.807) is 0 Å². The molecular formula is C11H19ClN2O2. The topological polar surface area (TPSA) is 32.8 Å². The molecule has 1 amide bonds. The summed E-state index contributed by atoms with van der Waals surface area (Å²) in [5, 5.41) is 0.